The summed E-state index contributed by atoms with van der Waals surface area (Å²) in [6.07, 6.45) is 1.72. The molecule has 0 fully saturated rings. The van der Waals surface area contributed by atoms with Gasteiger partial charge in [0, 0.05) is 6.54 Å². The van der Waals surface area contributed by atoms with Crippen molar-refractivity contribution in [3.05, 3.63) is 57.9 Å². The molecule has 30 heavy (non-hydrogen) atoms. The Kier molecular flexibility index (Phi) is 5.22. The lowest BCUT2D eigenvalue weighted by molar-refractivity contribution is -0.118. The molecule has 3 aromatic heterocycles. The number of nitrogens with one attached hydrogen (secondary N) is 2. The fraction of sp³-hybridized carbons (Fsp3) is 0.211. The van der Waals surface area contributed by atoms with Crippen LogP contribution in [-0.4, -0.2) is 30.2 Å². The Morgan fingerprint density at radius 2 is 2.23 bits per heavy atom. The fourth-order valence-corrected chi connectivity index (χ4v) is 4.30. The summed E-state index contributed by atoms with van der Waals surface area (Å²) in [5.74, 6) is -0.343. The van der Waals surface area contributed by atoms with Crippen LogP contribution < -0.4 is 11.1 Å². The Hall–Kier alpha value is -3.31. The molecule has 1 unspecified atom stereocenters. The number of para-hydroxylation sites is 2. The van der Waals surface area contributed by atoms with E-state index < -0.39 is 11.8 Å². The fourth-order valence-electron chi connectivity index (χ4n) is 3.12. The number of carbonyl (C=O) groups excluding carboxylic acids is 1. The number of benzene rings is 1. The van der Waals surface area contributed by atoms with Gasteiger partial charge in [-0.25, -0.2) is 9.78 Å². The molecule has 0 spiro atoms. The highest BCUT2D eigenvalue weighted by Gasteiger charge is 2.23. The Morgan fingerprint density at radius 1 is 1.47 bits per heavy atom. The van der Waals surface area contributed by atoms with E-state index in [9.17, 15) is 9.59 Å². The number of H-pyrrole nitrogens is 1. The normalized spacial score (nSPS) is 12.2. The highest BCUT2D eigenvalue weighted by Crippen LogP contribution is 2.32. The van der Waals surface area contributed by atoms with E-state index in [1.54, 1.807) is 41.8 Å². The van der Waals surface area contributed by atoms with Crippen molar-refractivity contribution < 1.29 is 9.21 Å². The van der Waals surface area contributed by atoms with E-state index in [0.717, 1.165) is 4.88 Å². The van der Waals surface area contributed by atoms with Crippen molar-refractivity contribution in [3.63, 3.8) is 0 Å². The summed E-state index contributed by atoms with van der Waals surface area (Å²) in [5.41, 5.74) is 1.69. The molecule has 0 aliphatic heterocycles. The van der Waals surface area contributed by atoms with Crippen molar-refractivity contribution in [2.45, 2.75) is 26.4 Å². The smallest absolute Gasteiger partial charge is 0.408 e. The Morgan fingerprint density at radius 3 is 3.00 bits per heavy atom. The number of hydrogen-bond donors (Lipinski definition) is 2. The van der Waals surface area contributed by atoms with Crippen LogP contribution in [0.3, 0.4) is 0 Å². The van der Waals surface area contributed by atoms with Gasteiger partial charge < -0.3 is 9.73 Å². The molecule has 2 N–H and O–H groups in total. The van der Waals surface area contributed by atoms with Gasteiger partial charge in [-0.15, -0.1) is 6.58 Å². The molecule has 0 aliphatic rings. The number of aromatic amines is 1. The van der Waals surface area contributed by atoms with E-state index in [1.165, 1.54) is 15.9 Å². The van der Waals surface area contributed by atoms with Gasteiger partial charge in [-0.1, -0.05) is 29.5 Å². The zero-order valence-electron chi connectivity index (χ0n) is 16.2. The number of amides is 1. The van der Waals surface area contributed by atoms with Crippen LogP contribution in [0.5, 0.6) is 0 Å². The van der Waals surface area contributed by atoms with Crippen LogP contribution in [0.15, 0.2) is 46.1 Å². The maximum Gasteiger partial charge on any atom is 0.420 e. The summed E-state index contributed by atoms with van der Waals surface area (Å²) in [7, 11) is 0. The standard InChI is InChI=1S/C19H18N6O3S2/c1-4-9-24-15(22-23-18(24)29)14-10(2)20-17(30-14)21-16(26)11(3)25-12-7-5-6-8-13(12)28-19(25)27/h4-8,11H,1,9H2,2-3H3,(H,23,29)(H,20,21,26). The van der Waals surface area contributed by atoms with Crippen molar-refractivity contribution >= 4 is 45.7 Å². The summed E-state index contributed by atoms with van der Waals surface area (Å²) in [5, 5.41) is 10.2. The minimum absolute atomic E-state index is 0.381. The summed E-state index contributed by atoms with van der Waals surface area (Å²) in [4.78, 5) is 30.3. The first kappa shape index (κ1) is 20.0. The van der Waals surface area contributed by atoms with Crippen molar-refractivity contribution in [1.29, 1.82) is 0 Å². The molecule has 0 saturated heterocycles. The van der Waals surface area contributed by atoms with Crippen molar-refractivity contribution in [2.24, 2.45) is 0 Å². The monoisotopic (exact) mass is 442 g/mol. The van der Waals surface area contributed by atoms with Crippen LogP contribution in [0, 0.1) is 11.7 Å². The van der Waals surface area contributed by atoms with Crippen LogP contribution in [0.2, 0.25) is 0 Å². The van der Waals surface area contributed by atoms with E-state index in [0.29, 0.717) is 39.1 Å². The summed E-state index contributed by atoms with van der Waals surface area (Å²) < 4.78 is 8.82. The lowest BCUT2D eigenvalue weighted by Gasteiger charge is -2.11. The SMILES string of the molecule is C=CCn1c(-c2sc(NC(=O)C(C)n3c(=O)oc4ccccc43)nc2C)n[nH]c1=S. The highest BCUT2D eigenvalue weighted by molar-refractivity contribution is 7.71. The Labute approximate surface area is 179 Å². The average molecular weight is 443 g/mol. The molecule has 1 aromatic carbocycles. The molecule has 4 rings (SSSR count). The second kappa shape index (κ2) is 7.84. The van der Waals surface area contributed by atoms with Gasteiger partial charge in [0.25, 0.3) is 0 Å². The van der Waals surface area contributed by atoms with Crippen molar-refractivity contribution in [1.82, 2.24) is 24.3 Å². The second-order valence-electron chi connectivity index (χ2n) is 6.56. The first-order valence-corrected chi connectivity index (χ1v) is 10.3. The molecule has 3 heterocycles. The van der Waals surface area contributed by atoms with Gasteiger partial charge in [0.15, 0.2) is 21.3 Å². The minimum Gasteiger partial charge on any atom is -0.408 e. The number of thiazole rings is 1. The number of oxazole rings is 1. The number of rotatable bonds is 6. The van der Waals surface area contributed by atoms with Gasteiger partial charge in [0.2, 0.25) is 5.91 Å². The van der Waals surface area contributed by atoms with Gasteiger partial charge >= 0.3 is 5.76 Å². The quantitative estimate of drug-likeness (QED) is 0.348. The number of carbonyl (C=O) groups is 1. The molecular formula is C19H18N6O3S2. The molecule has 0 aliphatic carbocycles. The molecule has 1 atom stereocenters. The molecule has 9 nitrogen and oxygen atoms in total. The first-order valence-electron chi connectivity index (χ1n) is 9.05. The first-order chi connectivity index (χ1) is 14.4. The third kappa shape index (κ3) is 3.42. The number of nitrogens with zero attached hydrogens (tertiary/aromatic N) is 4. The number of aryl methyl sites for hydroxylation is 1. The third-order valence-corrected chi connectivity index (χ3v) is 5.97. The molecule has 4 aromatic rings. The van der Waals surface area contributed by atoms with Crippen LogP contribution in [0.4, 0.5) is 5.13 Å². The third-order valence-electron chi connectivity index (χ3n) is 4.59. The second-order valence-corrected chi connectivity index (χ2v) is 7.94. The van der Waals surface area contributed by atoms with E-state index in [4.69, 9.17) is 16.6 Å². The van der Waals surface area contributed by atoms with Gasteiger partial charge in [0.1, 0.15) is 6.04 Å². The Bertz CT molecular complexity index is 1370. The number of hydrogen-bond acceptors (Lipinski definition) is 7. The summed E-state index contributed by atoms with van der Waals surface area (Å²) >= 11 is 6.54. The summed E-state index contributed by atoms with van der Waals surface area (Å²) in [6, 6.07) is 6.18. The summed E-state index contributed by atoms with van der Waals surface area (Å²) in [6.45, 7) is 7.70. The molecule has 0 bridgehead atoms. The van der Waals surface area contributed by atoms with Gasteiger partial charge in [-0.05, 0) is 38.2 Å². The molecular weight excluding hydrogens is 424 g/mol. The minimum atomic E-state index is -0.788. The van der Waals surface area contributed by atoms with Crippen LogP contribution >= 0.6 is 23.6 Å². The van der Waals surface area contributed by atoms with E-state index >= 15 is 0 Å². The zero-order valence-corrected chi connectivity index (χ0v) is 17.8. The largest absolute Gasteiger partial charge is 0.420 e. The number of allylic oxidation sites excluding steroid dienone is 1. The van der Waals surface area contributed by atoms with Gasteiger partial charge in [0.05, 0.1) is 16.1 Å². The van der Waals surface area contributed by atoms with Gasteiger partial charge in [-0.2, -0.15) is 5.10 Å². The zero-order chi connectivity index (χ0) is 21.4. The molecule has 1 amide bonds. The van der Waals surface area contributed by atoms with Crippen molar-refractivity contribution in [3.8, 4) is 10.7 Å². The van der Waals surface area contributed by atoms with Crippen LogP contribution in [0.1, 0.15) is 18.7 Å². The number of fused-ring (bicyclic) bond motifs is 1. The molecule has 154 valence electrons. The number of anilines is 1. The lowest BCUT2D eigenvalue weighted by atomic mass is 10.2. The lowest BCUT2D eigenvalue weighted by Crippen LogP contribution is -2.29. The van der Waals surface area contributed by atoms with Crippen molar-refractivity contribution in [2.75, 3.05) is 5.32 Å². The van der Waals surface area contributed by atoms with E-state index in [-0.39, 0.29) is 5.91 Å². The average Bonchev–Trinajstić information content (AvgIpc) is 3.36. The maximum atomic E-state index is 12.8. The predicted molar refractivity (Wildman–Crippen MR) is 117 cm³/mol. The number of aromatic nitrogens is 5. The topological polar surface area (TPSA) is 111 Å². The Balaban J connectivity index is 1.62. The van der Waals surface area contributed by atoms with E-state index in [1.807, 2.05) is 6.92 Å². The molecule has 0 saturated carbocycles. The van der Waals surface area contributed by atoms with Crippen LogP contribution in [0.25, 0.3) is 21.8 Å². The molecule has 0 radical (unpaired) electrons. The van der Waals surface area contributed by atoms with Crippen LogP contribution in [-0.2, 0) is 11.3 Å². The molecule has 11 heteroatoms. The highest BCUT2D eigenvalue weighted by atomic mass is 32.1. The van der Waals surface area contributed by atoms with E-state index in [2.05, 4.69) is 27.1 Å². The predicted octanol–water partition coefficient (Wildman–Crippen LogP) is 3.67. The maximum absolute atomic E-state index is 12.8. The van der Waals surface area contributed by atoms with Gasteiger partial charge in [-0.3, -0.25) is 19.0 Å².